The van der Waals surface area contributed by atoms with Gasteiger partial charge in [-0.1, -0.05) is 0 Å². The molecule has 1 fully saturated rings. The van der Waals surface area contributed by atoms with Gasteiger partial charge >= 0.3 is 0 Å². The molecule has 0 saturated carbocycles. The first kappa shape index (κ1) is 19.3. The molecule has 2 atom stereocenters. The van der Waals surface area contributed by atoms with Gasteiger partial charge in [0.2, 0.25) is 5.91 Å². The number of nitrogens with zero attached hydrogens (tertiary/aromatic N) is 2. The molecule has 2 N–H and O–H groups in total. The van der Waals surface area contributed by atoms with Crippen LogP contribution in [-0.4, -0.2) is 55.0 Å². The van der Waals surface area contributed by atoms with Crippen LogP contribution in [0.3, 0.4) is 0 Å². The van der Waals surface area contributed by atoms with Crippen LogP contribution in [0.4, 0.5) is 0 Å². The number of likely N-dealkylation sites (N-methyl/N-ethyl adjacent to an activating group) is 1. The summed E-state index contributed by atoms with van der Waals surface area (Å²) in [4.78, 5) is 16.0. The molecule has 1 amide bonds. The molecule has 17 heavy (non-hydrogen) atoms. The van der Waals surface area contributed by atoms with Crippen molar-refractivity contribution in [2.45, 2.75) is 38.3 Å². The average molecular weight is 286 g/mol. The van der Waals surface area contributed by atoms with E-state index in [2.05, 4.69) is 19.0 Å². The molecule has 1 aliphatic heterocycles. The first-order chi connectivity index (χ1) is 7.00. The van der Waals surface area contributed by atoms with E-state index in [1.807, 2.05) is 11.8 Å². The molecular weight excluding hydrogens is 261 g/mol. The summed E-state index contributed by atoms with van der Waals surface area (Å²) < 4.78 is 0. The quantitative estimate of drug-likeness (QED) is 0.846. The van der Waals surface area contributed by atoms with Gasteiger partial charge < -0.3 is 15.5 Å². The SMILES string of the molecule is CC(N)CC(=O)N1CCCC(N(C)C)C1.Cl.Cl. The number of halogens is 2. The highest BCUT2D eigenvalue weighted by molar-refractivity contribution is 5.85. The average Bonchev–Trinajstić information content (AvgIpc) is 2.17. The van der Waals surface area contributed by atoms with E-state index in [0.717, 1.165) is 19.5 Å². The van der Waals surface area contributed by atoms with Crippen molar-refractivity contribution in [2.75, 3.05) is 27.2 Å². The van der Waals surface area contributed by atoms with Crippen molar-refractivity contribution >= 4 is 30.7 Å². The van der Waals surface area contributed by atoms with Crippen LogP contribution >= 0.6 is 24.8 Å². The van der Waals surface area contributed by atoms with E-state index in [4.69, 9.17) is 5.73 Å². The lowest BCUT2D eigenvalue weighted by Gasteiger charge is -2.36. The van der Waals surface area contributed by atoms with Crippen LogP contribution in [-0.2, 0) is 4.79 Å². The third-order valence-corrected chi connectivity index (χ3v) is 2.98. The molecular formula is C11H25Cl2N3O. The molecule has 0 bridgehead atoms. The molecule has 6 heteroatoms. The van der Waals surface area contributed by atoms with Crippen LogP contribution in [0, 0.1) is 0 Å². The number of carbonyl (C=O) groups is 1. The van der Waals surface area contributed by atoms with E-state index in [0.29, 0.717) is 12.5 Å². The zero-order valence-corrected chi connectivity index (χ0v) is 12.5. The predicted octanol–water partition coefficient (Wildman–Crippen LogP) is 1.12. The van der Waals surface area contributed by atoms with Crippen molar-refractivity contribution in [3.05, 3.63) is 0 Å². The molecule has 4 nitrogen and oxygen atoms in total. The Labute approximate surface area is 117 Å². The number of nitrogens with two attached hydrogens (primary N) is 1. The molecule has 1 saturated heterocycles. The maximum absolute atomic E-state index is 11.8. The maximum Gasteiger partial charge on any atom is 0.224 e. The van der Waals surface area contributed by atoms with Crippen LogP contribution in [0.5, 0.6) is 0 Å². The van der Waals surface area contributed by atoms with Crippen molar-refractivity contribution < 1.29 is 4.79 Å². The van der Waals surface area contributed by atoms with E-state index in [9.17, 15) is 4.79 Å². The van der Waals surface area contributed by atoms with Crippen LogP contribution in [0.1, 0.15) is 26.2 Å². The lowest BCUT2D eigenvalue weighted by atomic mass is 10.0. The summed E-state index contributed by atoms with van der Waals surface area (Å²) >= 11 is 0. The zero-order chi connectivity index (χ0) is 11.4. The van der Waals surface area contributed by atoms with Crippen LogP contribution < -0.4 is 5.73 Å². The molecule has 0 aliphatic carbocycles. The highest BCUT2D eigenvalue weighted by Crippen LogP contribution is 2.14. The van der Waals surface area contributed by atoms with Gasteiger partial charge in [0.25, 0.3) is 0 Å². The Hall–Kier alpha value is -0.0300. The molecule has 1 aliphatic rings. The molecule has 104 valence electrons. The number of hydrogen-bond acceptors (Lipinski definition) is 3. The summed E-state index contributed by atoms with van der Waals surface area (Å²) in [5.74, 6) is 0.205. The highest BCUT2D eigenvalue weighted by Gasteiger charge is 2.24. The molecule has 0 spiro atoms. The van der Waals surface area contributed by atoms with Crippen LogP contribution in [0.2, 0.25) is 0 Å². The van der Waals surface area contributed by atoms with Crippen molar-refractivity contribution in [1.29, 1.82) is 0 Å². The van der Waals surface area contributed by atoms with E-state index in [-0.39, 0.29) is 36.8 Å². The molecule has 0 aromatic heterocycles. The number of carbonyl (C=O) groups excluding carboxylic acids is 1. The van der Waals surface area contributed by atoms with E-state index in [1.165, 1.54) is 6.42 Å². The number of likely N-dealkylation sites (tertiary alicyclic amines) is 1. The van der Waals surface area contributed by atoms with Gasteiger partial charge in [0.05, 0.1) is 0 Å². The molecule has 0 aromatic carbocycles. The van der Waals surface area contributed by atoms with Gasteiger partial charge in [0, 0.05) is 31.6 Å². The molecule has 2 unspecified atom stereocenters. The molecule has 0 aromatic rings. The Morgan fingerprint density at radius 1 is 1.47 bits per heavy atom. The Kier molecular flexibility index (Phi) is 10.2. The van der Waals surface area contributed by atoms with E-state index in [1.54, 1.807) is 0 Å². The lowest BCUT2D eigenvalue weighted by Crippen LogP contribution is -2.48. The topological polar surface area (TPSA) is 49.6 Å². The number of hydrogen-bond donors (Lipinski definition) is 1. The fourth-order valence-corrected chi connectivity index (χ4v) is 2.01. The Morgan fingerprint density at radius 3 is 2.53 bits per heavy atom. The highest BCUT2D eigenvalue weighted by atomic mass is 35.5. The van der Waals surface area contributed by atoms with Crippen molar-refractivity contribution in [2.24, 2.45) is 5.73 Å². The minimum absolute atomic E-state index is 0. The van der Waals surface area contributed by atoms with Gasteiger partial charge in [0.1, 0.15) is 0 Å². The molecule has 1 heterocycles. The van der Waals surface area contributed by atoms with Gasteiger partial charge in [0.15, 0.2) is 0 Å². The monoisotopic (exact) mass is 285 g/mol. The second kappa shape index (κ2) is 8.97. The molecule has 0 radical (unpaired) electrons. The lowest BCUT2D eigenvalue weighted by molar-refractivity contribution is -0.133. The standard InChI is InChI=1S/C11H23N3O.2ClH/c1-9(12)7-11(15)14-6-4-5-10(8-14)13(2)3;;/h9-10H,4-8,12H2,1-3H3;2*1H. The maximum atomic E-state index is 11.8. The van der Waals surface area contributed by atoms with Gasteiger partial charge in [-0.25, -0.2) is 0 Å². The third-order valence-electron chi connectivity index (χ3n) is 2.98. The van der Waals surface area contributed by atoms with Crippen molar-refractivity contribution in [3.8, 4) is 0 Å². The number of piperidine rings is 1. The summed E-state index contributed by atoms with van der Waals surface area (Å²) in [6.07, 6.45) is 2.77. The predicted molar refractivity (Wildman–Crippen MR) is 76.1 cm³/mol. The minimum Gasteiger partial charge on any atom is -0.341 e. The second-order valence-corrected chi connectivity index (χ2v) is 4.78. The summed E-state index contributed by atoms with van der Waals surface area (Å²) in [5, 5.41) is 0. The summed E-state index contributed by atoms with van der Waals surface area (Å²) in [6.45, 7) is 3.64. The first-order valence-electron chi connectivity index (χ1n) is 5.70. The Balaban J connectivity index is 0. The van der Waals surface area contributed by atoms with Crippen molar-refractivity contribution in [3.63, 3.8) is 0 Å². The summed E-state index contributed by atoms with van der Waals surface area (Å²) in [7, 11) is 4.15. The first-order valence-corrected chi connectivity index (χ1v) is 5.70. The van der Waals surface area contributed by atoms with Crippen molar-refractivity contribution in [1.82, 2.24) is 9.80 Å². The van der Waals surface area contributed by atoms with Gasteiger partial charge in [-0.15, -0.1) is 24.8 Å². The minimum atomic E-state index is -0.0303. The smallest absolute Gasteiger partial charge is 0.224 e. The van der Waals surface area contributed by atoms with Crippen LogP contribution in [0.25, 0.3) is 0 Å². The fourth-order valence-electron chi connectivity index (χ4n) is 2.01. The Bertz CT molecular complexity index is 225. The summed E-state index contributed by atoms with van der Waals surface area (Å²) in [6, 6.07) is 0.480. The Morgan fingerprint density at radius 2 is 2.06 bits per heavy atom. The number of rotatable bonds is 3. The largest absolute Gasteiger partial charge is 0.341 e. The molecule has 1 rings (SSSR count). The van der Waals surface area contributed by atoms with Gasteiger partial charge in [-0.2, -0.15) is 0 Å². The normalized spacial score (nSPS) is 21.5. The van der Waals surface area contributed by atoms with Crippen LogP contribution in [0.15, 0.2) is 0 Å². The second-order valence-electron chi connectivity index (χ2n) is 4.78. The van der Waals surface area contributed by atoms with E-state index < -0.39 is 0 Å². The van der Waals surface area contributed by atoms with E-state index >= 15 is 0 Å². The van der Waals surface area contributed by atoms with Gasteiger partial charge in [-0.3, -0.25) is 4.79 Å². The van der Waals surface area contributed by atoms with Gasteiger partial charge in [-0.05, 0) is 33.9 Å². The third kappa shape index (κ3) is 6.46. The number of amides is 1. The summed E-state index contributed by atoms with van der Waals surface area (Å²) in [5.41, 5.74) is 5.64. The zero-order valence-electron chi connectivity index (χ0n) is 10.9. The fraction of sp³-hybridized carbons (Fsp3) is 0.909.